The fourth-order valence-corrected chi connectivity index (χ4v) is 4.04. The average molecular weight is 531 g/mol. The third kappa shape index (κ3) is 5.78. The molecule has 2 fully saturated rings. The van der Waals surface area contributed by atoms with Crippen LogP contribution in [0.1, 0.15) is 19.3 Å². The summed E-state index contributed by atoms with van der Waals surface area (Å²) in [6.07, 6.45) is 3.18. The molecule has 2 aromatic rings. The van der Waals surface area contributed by atoms with Crippen LogP contribution in [-0.2, 0) is 14.4 Å². The number of imide groups is 1. The lowest BCUT2D eigenvalue weighted by molar-refractivity contribution is -0.125. The van der Waals surface area contributed by atoms with Gasteiger partial charge in [-0.3, -0.25) is 14.4 Å². The Labute approximate surface area is 203 Å². The fraction of sp³-hybridized carbons (Fsp3) is 0.333. The van der Waals surface area contributed by atoms with E-state index in [0.717, 1.165) is 4.90 Å². The van der Waals surface area contributed by atoms with Crippen molar-refractivity contribution in [2.24, 2.45) is 0 Å². The molecule has 2 saturated heterocycles. The minimum Gasteiger partial charge on any atom is -0.370 e. The first-order valence-corrected chi connectivity index (χ1v) is 11.5. The summed E-state index contributed by atoms with van der Waals surface area (Å²) >= 11 is 3.40. The minimum absolute atomic E-state index is 0.0360. The van der Waals surface area contributed by atoms with E-state index < -0.39 is 12.1 Å². The molecule has 0 aliphatic carbocycles. The van der Waals surface area contributed by atoms with Crippen molar-refractivity contribution in [2.45, 2.75) is 25.3 Å². The summed E-state index contributed by atoms with van der Waals surface area (Å²) < 4.78 is 0.675. The molecule has 1 aromatic carbocycles. The van der Waals surface area contributed by atoms with Crippen LogP contribution in [0, 0.1) is 0 Å². The quantitative estimate of drug-likeness (QED) is 0.239. The van der Waals surface area contributed by atoms with Crippen molar-refractivity contribution >= 4 is 62.8 Å². The van der Waals surface area contributed by atoms with Crippen molar-refractivity contribution in [3.05, 3.63) is 34.9 Å². The highest BCUT2D eigenvalue weighted by atomic mass is 79.9. The summed E-state index contributed by atoms with van der Waals surface area (Å²) in [5, 5.41) is 14.2. The molecule has 34 heavy (non-hydrogen) atoms. The molecule has 2 aliphatic rings. The Hall–Kier alpha value is -3.74. The molecular weight excluding hydrogens is 508 g/mol. The van der Waals surface area contributed by atoms with Crippen molar-refractivity contribution in [1.29, 1.82) is 0 Å². The number of nitrogens with zero attached hydrogens (tertiary/aromatic N) is 3. The Bertz CT molecular complexity index is 1110. The molecule has 0 radical (unpaired) electrons. The molecule has 0 spiro atoms. The van der Waals surface area contributed by atoms with Crippen molar-refractivity contribution in [3.63, 3.8) is 0 Å². The smallest absolute Gasteiger partial charge is 0.329 e. The number of nitrogens with one attached hydrogen (secondary N) is 5. The number of benzene rings is 1. The van der Waals surface area contributed by atoms with Gasteiger partial charge in [0.25, 0.3) is 5.91 Å². The standard InChI is InChI=1S/C21H23BrN8O4/c22-12-8-13(10-14(9-12)30-18(32)11-26-21(30)34)27-20-25-7-4-16(29-20)23-5-1-6-24-19(33)15-2-3-17(31)28-15/h4,7-10,15H,1-3,5-6,11H2,(H,24,33)(H,26,34)(H,28,31)(H2,23,25,27,29). The number of amides is 5. The van der Waals surface area contributed by atoms with E-state index in [0.29, 0.717) is 60.0 Å². The van der Waals surface area contributed by atoms with Crippen LogP contribution in [0.3, 0.4) is 0 Å². The number of carbonyl (C=O) groups is 4. The molecule has 13 heteroatoms. The molecule has 1 atom stereocenters. The van der Waals surface area contributed by atoms with Crippen LogP contribution in [-0.4, -0.2) is 59.4 Å². The van der Waals surface area contributed by atoms with Crippen LogP contribution in [0.15, 0.2) is 34.9 Å². The number of carbonyl (C=O) groups excluding carboxylic acids is 4. The van der Waals surface area contributed by atoms with E-state index >= 15 is 0 Å². The van der Waals surface area contributed by atoms with Gasteiger partial charge in [0.1, 0.15) is 11.9 Å². The van der Waals surface area contributed by atoms with Gasteiger partial charge in [-0.1, -0.05) is 15.9 Å². The largest absolute Gasteiger partial charge is 0.370 e. The molecule has 4 rings (SSSR count). The van der Waals surface area contributed by atoms with Crippen molar-refractivity contribution < 1.29 is 19.2 Å². The second kappa shape index (κ2) is 10.5. The predicted molar refractivity (Wildman–Crippen MR) is 128 cm³/mol. The zero-order valence-electron chi connectivity index (χ0n) is 18.1. The van der Waals surface area contributed by atoms with E-state index in [4.69, 9.17) is 0 Å². The maximum absolute atomic E-state index is 12.0. The summed E-state index contributed by atoms with van der Waals surface area (Å²) in [6.45, 7) is 1.00. The van der Waals surface area contributed by atoms with Crippen LogP contribution in [0.2, 0.25) is 0 Å². The molecule has 5 N–H and O–H groups in total. The number of urea groups is 1. The van der Waals surface area contributed by atoms with Gasteiger partial charge < -0.3 is 26.6 Å². The summed E-state index contributed by atoms with van der Waals surface area (Å²) in [6, 6.07) is 5.92. The van der Waals surface area contributed by atoms with Crippen molar-refractivity contribution in [1.82, 2.24) is 25.9 Å². The van der Waals surface area contributed by atoms with Gasteiger partial charge in [-0.05, 0) is 37.1 Å². The summed E-state index contributed by atoms with van der Waals surface area (Å²) in [5.74, 6) is 0.332. The van der Waals surface area contributed by atoms with Crippen LogP contribution in [0.25, 0.3) is 0 Å². The topological polar surface area (TPSA) is 157 Å². The highest BCUT2D eigenvalue weighted by Gasteiger charge is 2.30. The lowest BCUT2D eigenvalue weighted by atomic mass is 10.2. The number of halogens is 1. The number of hydrogen-bond donors (Lipinski definition) is 5. The van der Waals surface area contributed by atoms with Gasteiger partial charge in [0.15, 0.2) is 0 Å². The Morgan fingerprint density at radius 1 is 1.21 bits per heavy atom. The number of aromatic nitrogens is 2. The van der Waals surface area contributed by atoms with Gasteiger partial charge in [-0.15, -0.1) is 0 Å². The zero-order chi connectivity index (χ0) is 24.1. The zero-order valence-corrected chi connectivity index (χ0v) is 19.6. The third-order valence-electron chi connectivity index (χ3n) is 5.17. The number of hydrogen-bond acceptors (Lipinski definition) is 8. The number of anilines is 4. The van der Waals surface area contributed by atoms with Crippen LogP contribution < -0.4 is 31.5 Å². The molecule has 12 nitrogen and oxygen atoms in total. The van der Waals surface area contributed by atoms with Crippen LogP contribution in [0.4, 0.5) is 27.9 Å². The molecule has 0 saturated carbocycles. The summed E-state index contributed by atoms with van der Waals surface area (Å²) in [7, 11) is 0. The van der Waals surface area contributed by atoms with Gasteiger partial charge in [-0.2, -0.15) is 4.98 Å². The maximum atomic E-state index is 12.0. The van der Waals surface area contributed by atoms with E-state index in [1.807, 2.05) is 0 Å². The normalized spacial score (nSPS) is 17.4. The lowest BCUT2D eigenvalue weighted by Crippen LogP contribution is -2.42. The van der Waals surface area contributed by atoms with Gasteiger partial charge in [0.05, 0.1) is 12.2 Å². The average Bonchev–Trinajstić information content (AvgIpc) is 3.38. The van der Waals surface area contributed by atoms with Crippen LogP contribution >= 0.6 is 15.9 Å². The maximum Gasteiger partial charge on any atom is 0.329 e. The SMILES string of the molecule is O=C1CCC(C(=O)NCCCNc2ccnc(Nc3cc(Br)cc(N4C(=O)CNC4=O)c3)n2)N1. The van der Waals surface area contributed by atoms with Gasteiger partial charge in [-0.25, -0.2) is 14.7 Å². The van der Waals surface area contributed by atoms with Crippen molar-refractivity contribution in [2.75, 3.05) is 35.2 Å². The van der Waals surface area contributed by atoms with Crippen LogP contribution in [0.5, 0.6) is 0 Å². The molecular formula is C21H23BrN8O4. The Balaban J connectivity index is 1.29. The predicted octanol–water partition coefficient (Wildman–Crippen LogP) is 1.24. The lowest BCUT2D eigenvalue weighted by Gasteiger charge is -2.15. The van der Waals surface area contributed by atoms with E-state index in [1.54, 1.807) is 30.5 Å². The van der Waals surface area contributed by atoms with E-state index in [-0.39, 0.29) is 24.3 Å². The third-order valence-corrected chi connectivity index (χ3v) is 5.62. The highest BCUT2D eigenvalue weighted by Crippen LogP contribution is 2.28. The Morgan fingerprint density at radius 2 is 2.06 bits per heavy atom. The fourth-order valence-electron chi connectivity index (χ4n) is 3.56. The Kier molecular flexibility index (Phi) is 7.21. The van der Waals surface area contributed by atoms with E-state index in [9.17, 15) is 19.2 Å². The second-order valence-corrected chi connectivity index (χ2v) is 8.62. The molecule has 0 bridgehead atoms. The molecule has 1 unspecified atom stereocenters. The van der Waals surface area contributed by atoms with E-state index in [1.165, 1.54) is 0 Å². The minimum atomic E-state index is -0.472. The first kappa shape index (κ1) is 23.4. The van der Waals surface area contributed by atoms with Gasteiger partial charge in [0, 0.05) is 35.9 Å². The summed E-state index contributed by atoms with van der Waals surface area (Å²) in [4.78, 5) is 56.9. The van der Waals surface area contributed by atoms with Crippen molar-refractivity contribution in [3.8, 4) is 0 Å². The molecule has 5 amide bonds. The second-order valence-electron chi connectivity index (χ2n) is 7.71. The van der Waals surface area contributed by atoms with Gasteiger partial charge in [0.2, 0.25) is 17.8 Å². The molecule has 2 aliphatic heterocycles. The monoisotopic (exact) mass is 530 g/mol. The first-order chi connectivity index (χ1) is 16.4. The molecule has 3 heterocycles. The Morgan fingerprint density at radius 3 is 2.79 bits per heavy atom. The highest BCUT2D eigenvalue weighted by molar-refractivity contribution is 9.10. The van der Waals surface area contributed by atoms with E-state index in [2.05, 4.69) is 52.5 Å². The molecule has 178 valence electrons. The number of rotatable bonds is 9. The van der Waals surface area contributed by atoms with Gasteiger partial charge >= 0.3 is 6.03 Å². The molecule has 1 aromatic heterocycles. The first-order valence-electron chi connectivity index (χ1n) is 10.7. The summed E-state index contributed by atoms with van der Waals surface area (Å²) in [5.41, 5.74) is 1.01.